The van der Waals surface area contributed by atoms with E-state index in [-0.39, 0.29) is 52.2 Å². The zero-order chi connectivity index (χ0) is 25.7. The third-order valence-corrected chi connectivity index (χ3v) is 7.81. The summed E-state index contributed by atoms with van der Waals surface area (Å²) >= 11 is 0. The molecule has 2 bridgehead atoms. The molecule has 3 aliphatic rings. The number of carbonyl (C=O) groups is 1. The zero-order valence-electron chi connectivity index (χ0n) is 19.2. The summed E-state index contributed by atoms with van der Waals surface area (Å²) < 4.78 is 31.7. The molecule has 10 nitrogen and oxygen atoms in total. The van der Waals surface area contributed by atoms with Crippen LogP contribution in [0.3, 0.4) is 0 Å². The van der Waals surface area contributed by atoms with Crippen molar-refractivity contribution in [3.63, 3.8) is 0 Å². The standard InChI is InChI=1S/C24H23FN4O6S/c1-36(34)18-10-14(29(32)33)6-7-15(18)27-23(26)20-22(30)19-16-8-9-17(35-16)21(19)28(24(20)31)11-12-2-4-13(25)5-3-12/h2-7,10,16-17,19,21,30H,8-9,11H2,1H3,(H2,26,27)/t16?,17?,19-,21+,36?/m1/s1. The van der Waals surface area contributed by atoms with Crippen molar-refractivity contribution in [2.45, 2.75) is 42.5 Å². The second kappa shape index (κ2) is 9.10. The van der Waals surface area contributed by atoms with Gasteiger partial charge in [-0.25, -0.2) is 9.38 Å². The average molecular weight is 515 g/mol. The Morgan fingerprint density at radius 2 is 1.97 bits per heavy atom. The highest BCUT2D eigenvalue weighted by molar-refractivity contribution is 7.84. The van der Waals surface area contributed by atoms with Crippen molar-refractivity contribution in [2.24, 2.45) is 16.6 Å². The number of amides is 1. The quantitative estimate of drug-likeness (QED) is 0.261. The Morgan fingerprint density at radius 3 is 2.64 bits per heavy atom. The lowest BCUT2D eigenvalue weighted by atomic mass is 9.78. The van der Waals surface area contributed by atoms with Crippen molar-refractivity contribution >= 4 is 33.9 Å². The molecule has 188 valence electrons. The Kier molecular flexibility index (Phi) is 6.08. The minimum Gasteiger partial charge on any atom is -0.511 e. The molecule has 3 aliphatic heterocycles. The number of rotatable bonds is 6. The highest BCUT2D eigenvalue weighted by atomic mass is 32.2. The Bertz CT molecular complexity index is 1340. The molecule has 3 unspecified atom stereocenters. The number of aliphatic hydroxyl groups excluding tert-OH is 1. The summed E-state index contributed by atoms with van der Waals surface area (Å²) in [5.41, 5.74) is 6.57. The lowest BCUT2D eigenvalue weighted by Gasteiger charge is -2.41. The summed E-state index contributed by atoms with van der Waals surface area (Å²) in [5, 5.41) is 22.3. The van der Waals surface area contributed by atoms with Crippen molar-refractivity contribution in [1.29, 1.82) is 0 Å². The van der Waals surface area contributed by atoms with Crippen LogP contribution in [-0.4, -0.2) is 55.4 Å². The van der Waals surface area contributed by atoms with E-state index in [1.165, 1.54) is 30.5 Å². The summed E-state index contributed by atoms with van der Waals surface area (Å²) in [6.45, 7) is 0.151. The van der Waals surface area contributed by atoms with Crippen molar-refractivity contribution in [3.05, 3.63) is 75.3 Å². The maximum absolute atomic E-state index is 13.7. The molecule has 0 aliphatic carbocycles. The third kappa shape index (κ3) is 4.05. The van der Waals surface area contributed by atoms with E-state index in [0.29, 0.717) is 5.56 Å². The van der Waals surface area contributed by atoms with E-state index < -0.39 is 39.4 Å². The van der Waals surface area contributed by atoms with Gasteiger partial charge in [-0.2, -0.15) is 0 Å². The Balaban J connectivity index is 1.57. The number of nitro groups is 1. The number of nitro benzene ring substituents is 1. The highest BCUT2D eigenvalue weighted by Gasteiger charge is 2.58. The molecular formula is C24H23FN4O6S. The van der Waals surface area contributed by atoms with Crippen LogP contribution < -0.4 is 5.73 Å². The van der Waals surface area contributed by atoms with Crippen LogP contribution in [0.25, 0.3) is 0 Å². The van der Waals surface area contributed by atoms with E-state index in [0.717, 1.165) is 18.9 Å². The van der Waals surface area contributed by atoms with Crippen molar-refractivity contribution in [1.82, 2.24) is 4.90 Å². The van der Waals surface area contributed by atoms with Crippen molar-refractivity contribution in [3.8, 4) is 0 Å². The molecule has 5 rings (SSSR count). The second-order valence-corrected chi connectivity index (χ2v) is 10.3. The van der Waals surface area contributed by atoms with E-state index in [1.54, 1.807) is 17.0 Å². The molecule has 12 heteroatoms. The van der Waals surface area contributed by atoms with Gasteiger partial charge in [0.05, 0.1) is 50.5 Å². The normalized spacial score (nSPS) is 26.3. The molecule has 3 N–H and O–H groups in total. The van der Waals surface area contributed by atoms with E-state index in [2.05, 4.69) is 4.99 Å². The number of aliphatic hydroxyl groups is 1. The molecule has 5 atom stereocenters. The van der Waals surface area contributed by atoms with E-state index in [4.69, 9.17) is 10.5 Å². The Hall–Kier alpha value is -3.64. The molecule has 1 amide bonds. The first-order chi connectivity index (χ1) is 17.2. The second-order valence-electron chi connectivity index (χ2n) is 8.99. The number of aliphatic imine (C=N–C) groups is 1. The average Bonchev–Trinajstić information content (AvgIpc) is 3.45. The van der Waals surface area contributed by atoms with Gasteiger partial charge in [-0.05, 0) is 36.6 Å². The molecule has 2 aromatic carbocycles. The van der Waals surface area contributed by atoms with Crippen LogP contribution in [0.1, 0.15) is 18.4 Å². The van der Waals surface area contributed by atoms with Gasteiger partial charge in [-0.1, -0.05) is 12.1 Å². The van der Waals surface area contributed by atoms with Crippen LogP contribution in [0.15, 0.2) is 63.7 Å². The van der Waals surface area contributed by atoms with Gasteiger partial charge < -0.3 is 20.5 Å². The summed E-state index contributed by atoms with van der Waals surface area (Å²) in [6.07, 6.45) is 2.29. The van der Waals surface area contributed by atoms with Crippen LogP contribution in [0, 0.1) is 21.8 Å². The number of nitrogens with zero attached hydrogens (tertiary/aromatic N) is 3. The van der Waals surface area contributed by atoms with Crippen molar-refractivity contribution in [2.75, 3.05) is 6.26 Å². The molecule has 3 heterocycles. The number of benzene rings is 2. The molecule has 2 fully saturated rings. The van der Waals surface area contributed by atoms with Gasteiger partial charge in [0.15, 0.2) is 0 Å². The van der Waals surface area contributed by atoms with E-state index >= 15 is 0 Å². The number of amidine groups is 1. The maximum atomic E-state index is 13.7. The SMILES string of the molecule is CS(=O)c1cc([N+](=O)[O-])ccc1N=C(N)C1=C(O)[C@@H]2C3CCC(O3)[C@@H]2N(Cc2ccc(F)cc2)C1=O. The predicted molar refractivity (Wildman–Crippen MR) is 128 cm³/mol. The van der Waals surface area contributed by atoms with Crippen LogP contribution in [0.4, 0.5) is 15.8 Å². The number of halogens is 1. The van der Waals surface area contributed by atoms with Crippen LogP contribution in [0.5, 0.6) is 0 Å². The molecule has 0 aromatic heterocycles. The number of ether oxygens (including phenoxy) is 1. The molecule has 0 spiro atoms. The van der Waals surface area contributed by atoms with Gasteiger partial charge >= 0.3 is 0 Å². The fourth-order valence-electron chi connectivity index (χ4n) is 5.27. The minimum atomic E-state index is -1.64. The zero-order valence-corrected chi connectivity index (χ0v) is 20.0. The topological polar surface area (TPSA) is 148 Å². The molecule has 0 radical (unpaired) electrons. The first-order valence-corrected chi connectivity index (χ1v) is 12.8. The molecule has 36 heavy (non-hydrogen) atoms. The molecule has 2 aromatic rings. The number of fused-ring (bicyclic) bond motifs is 5. The number of nitrogens with two attached hydrogens (primary N) is 1. The number of hydrogen-bond donors (Lipinski definition) is 2. The molecule has 2 saturated heterocycles. The number of non-ortho nitro benzene ring substituents is 1. The Morgan fingerprint density at radius 1 is 1.28 bits per heavy atom. The van der Waals surface area contributed by atoms with Gasteiger partial charge in [0.1, 0.15) is 23.0 Å². The first kappa shape index (κ1) is 24.1. The summed E-state index contributed by atoms with van der Waals surface area (Å²) in [4.78, 5) is 30.1. The monoisotopic (exact) mass is 514 g/mol. The summed E-state index contributed by atoms with van der Waals surface area (Å²) in [6, 6.07) is 9.01. The summed E-state index contributed by atoms with van der Waals surface area (Å²) in [7, 11) is -1.64. The van der Waals surface area contributed by atoms with Gasteiger partial charge in [0.25, 0.3) is 11.6 Å². The van der Waals surface area contributed by atoms with Crippen LogP contribution in [-0.2, 0) is 26.9 Å². The van der Waals surface area contributed by atoms with E-state index in [1.807, 2.05) is 0 Å². The highest BCUT2D eigenvalue weighted by Crippen LogP contribution is 2.48. The third-order valence-electron chi connectivity index (χ3n) is 6.87. The van der Waals surface area contributed by atoms with Gasteiger partial charge in [0, 0.05) is 24.9 Å². The van der Waals surface area contributed by atoms with Crippen LogP contribution >= 0.6 is 0 Å². The van der Waals surface area contributed by atoms with E-state index in [9.17, 15) is 28.6 Å². The fraction of sp³-hybridized carbons (Fsp3) is 0.333. The molecular weight excluding hydrogens is 491 g/mol. The minimum absolute atomic E-state index is 0.0693. The van der Waals surface area contributed by atoms with Gasteiger partial charge in [-0.3, -0.25) is 19.1 Å². The lowest BCUT2D eigenvalue weighted by Crippen LogP contribution is -2.55. The lowest BCUT2D eigenvalue weighted by molar-refractivity contribution is -0.385. The van der Waals surface area contributed by atoms with Crippen molar-refractivity contribution < 1.29 is 28.2 Å². The van der Waals surface area contributed by atoms with Crippen LogP contribution in [0.2, 0.25) is 0 Å². The first-order valence-electron chi connectivity index (χ1n) is 11.3. The Labute approximate surface area is 207 Å². The maximum Gasteiger partial charge on any atom is 0.270 e. The number of hydrogen-bond acceptors (Lipinski definition) is 7. The summed E-state index contributed by atoms with van der Waals surface area (Å²) in [5.74, 6) is -1.97. The van der Waals surface area contributed by atoms with Gasteiger partial charge in [0.2, 0.25) is 0 Å². The smallest absolute Gasteiger partial charge is 0.270 e. The predicted octanol–water partition coefficient (Wildman–Crippen LogP) is 2.86. The molecule has 0 saturated carbocycles. The van der Waals surface area contributed by atoms with Gasteiger partial charge in [-0.15, -0.1) is 0 Å². The largest absolute Gasteiger partial charge is 0.511 e. The fourth-order valence-corrected chi connectivity index (χ4v) is 5.97. The number of carbonyl (C=O) groups excluding carboxylic acids is 1.